The standard InChI is InChI=1S/C25H25ClFN5O2/c26-19-3-7-21(8-4-19)30-25(34)24(33)29-17-23(18-2-1-11-28-16-18)32-14-12-31(13-15-32)22-9-5-20(27)6-10-22/h1-11,16,23H,12-15,17H2,(H,29,33)(H,30,34)/t23-/m0/s1. The minimum atomic E-state index is -0.742. The van der Waals surface area contributed by atoms with E-state index < -0.39 is 11.8 Å². The molecule has 176 valence electrons. The molecule has 0 radical (unpaired) electrons. The van der Waals surface area contributed by atoms with Gasteiger partial charge in [-0.25, -0.2) is 4.39 Å². The number of pyridine rings is 1. The number of carbonyl (C=O) groups is 2. The molecular formula is C25H25ClFN5O2. The van der Waals surface area contributed by atoms with Gasteiger partial charge in [-0.15, -0.1) is 0 Å². The third-order valence-corrected chi connectivity index (χ3v) is 6.03. The lowest BCUT2D eigenvalue weighted by molar-refractivity contribution is -0.136. The van der Waals surface area contributed by atoms with E-state index in [-0.39, 0.29) is 18.4 Å². The zero-order valence-corrected chi connectivity index (χ0v) is 19.2. The second-order valence-electron chi connectivity index (χ2n) is 7.97. The molecule has 1 aromatic heterocycles. The van der Waals surface area contributed by atoms with E-state index >= 15 is 0 Å². The van der Waals surface area contributed by atoms with Crippen LogP contribution in [0.3, 0.4) is 0 Å². The second-order valence-corrected chi connectivity index (χ2v) is 8.41. The van der Waals surface area contributed by atoms with Crippen LogP contribution in [0, 0.1) is 5.82 Å². The Kier molecular flexibility index (Phi) is 7.72. The zero-order chi connectivity index (χ0) is 23.9. The lowest BCUT2D eigenvalue weighted by atomic mass is 10.1. The molecule has 4 rings (SSSR count). The van der Waals surface area contributed by atoms with E-state index in [1.54, 1.807) is 48.8 Å². The molecular weight excluding hydrogens is 457 g/mol. The highest BCUT2D eigenvalue weighted by Gasteiger charge is 2.27. The summed E-state index contributed by atoms with van der Waals surface area (Å²) in [6.45, 7) is 3.25. The Hall–Kier alpha value is -3.49. The van der Waals surface area contributed by atoms with Gasteiger partial charge in [-0.1, -0.05) is 17.7 Å². The number of nitrogens with one attached hydrogen (secondary N) is 2. The van der Waals surface area contributed by atoms with Crippen LogP contribution in [0.5, 0.6) is 0 Å². The van der Waals surface area contributed by atoms with Gasteiger partial charge < -0.3 is 15.5 Å². The van der Waals surface area contributed by atoms with Crippen LogP contribution in [0.1, 0.15) is 11.6 Å². The van der Waals surface area contributed by atoms with E-state index in [1.165, 1.54) is 12.1 Å². The van der Waals surface area contributed by atoms with Crippen LogP contribution in [0.4, 0.5) is 15.8 Å². The van der Waals surface area contributed by atoms with Gasteiger partial charge >= 0.3 is 11.8 Å². The van der Waals surface area contributed by atoms with Crippen molar-refractivity contribution in [2.75, 3.05) is 42.9 Å². The van der Waals surface area contributed by atoms with Gasteiger partial charge in [-0.05, 0) is 60.2 Å². The molecule has 1 aliphatic heterocycles. The summed E-state index contributed by atoms with van der Waals surface area (Å²) in [5.74, 6) is -1.71. The Morgan fingerprint density at radius 1 is 0.971 bits per heavy atom. The summed E-state index contributed by atoms with van der Waals surface area (Å²) in [6, 6.07) is 16.7. The predicted octanol–water partition coefficient (Wildman–Crippen LogP) is 3.49. The molecule has 1 aliphatic rings. The smallest absolute Gasteiger partial charge is 0.313 e. The summed E-state index contributed by atoms with van der Waals surface area (Å²) in [4.78, 5) is 33.5. The number of piperazine rings is 1. The molecule has 2 N–H and O–H groups in total. The number of aromatic nitrogens is 1. The Balaban J connectivity index is 1.38. The van der Waals surface area contributed by atoms with Crippen LogP contribution in [0.15, 0.2) is 73.1 Å². The molecule has 0 aliphatic carbocycles. The second kappa shape index (κ2) is 11.1. The van der Waals surface area contributed by atoms with E-state index in [2.05, 4.69) is 25.4 Å². The van der Waals surface area contributed by atoms with Crippen molar-refractivity contribution in [3.63, 3.8) is 0 Å². The fraction of sp³-hybridized carbons (Fsp3) is 0.240. The lowest BCUT2D eigenvalue weighted by Gasteiger charge is -2.40. The van der Waals surface area contributed by atoms with Crippen LogP contribution < -0.4 is 15.5 Å². The van der Waals surface area contributed by atoms with Gasteiger partial charge in [0.1, 0.15) is 5.82 Å². The normalized spacial score (nSPS) is 14.9. The Labute approximate surface area is 202 Å². The number of benzene rings is 2. The minimum Gasteiger partial charge on any atom is -0.369 e. The summed E-state index contributed by atoms with van der Waals surface area (Å²) in [7, 11) is 0. The van der Waals surface area contributed by atoms with Crippen molar-refractivity contribution in [1.82, 2.24) is 15.2 Å². The van der Waals surface area contributed by atoms with Crippen molar-refractivity contribution in [2.45, 2.75) is 6.04 Å². The van der Waals surface area contributed by atoms with Crippen LogP contribution in [0.2, 0.25) is 5.02 Å². The largest absolute Gasteiger partial charge is 0.369 e. The summed E-state index contributed by atoms with van der Waals surface area (Å²) in [5.41, 5.74) is 2.42. The number of anilines is 2. The maximum Gasteiger partial charge on any atom is 0.313 e. The quantitative estimate of drug-likeness (QED) is 0.527. The Morgan fingerprint density at radius 2 is 1.68 bits per heavy atom. The van der Waals surface area contributed by atoms with Gasteiger partial charge in [0, 0.05) is 61.5 Å². The molecule has 1 saturated heterocycles. The first-order valence-electron chi connectivity index (χ1n) is 11.0. The molecule has 1 fully saturated rings. The van der Waals surface area contributed by atoms with E-state index in [4.69, 9.17) is 11.6 Å². The van der Waals surface area contributed by atoms with Gasteiger partial charge in [-0.2, -0.15) is 0 Å². The number of hydrogen-bond donors (Lipinski definition) is 2. The molecule has 9 heteroatoms. The van der Waals surface area contributed by atoms with Crippen LogP contribution >= 0.6 is 11.6 Å². The van der Waals surface area contributed by atoms with Crippen molar-refractivity contribution in [2.24, 2.45) is 0 Å². The highest BCUT2D eigenvalue weighted by molar-refractivity contribution is 6.39. The Morgan fingerprint density at radius 3 is 2.32 bits per heavy atom. The molecule has 34 heavy (non-hydrogen) atoms. The van der Waals surface area contributed by atoms with Crippen molar-refractivity contribution in [3.05, 3.63) is 89.5 Å². The molecule has 0 spiro atoms. The maximum atomic E-state index is 13.3. The van der Waals surface area contributed by atoms with E-state index in [1.807, 2.05) is 12.1 Å². The summed E-state index contributed by atoms with van der Waals surface area (Å²) < 4.78 is 13.3. The molecule has 2 heterocycles. The van der Waals surface area contributed by atoms with Crippen LogP contribution in [-0.4, -0.2) is 54.4 Å². The number of amides is 2. The molecule has 3 aromatic rings. The minimum absolute atomic E-state index is 0.142. The van der Waals surface area contributed by atoms with Gasteiger partial charge in [0.15, 0.2) is 0 Å². The lowest BCUT2D eigenvalue weighted by Crippen LogP contribution is -2.50. The van der Waals surface area contributed by atoms with Crippen LogP contribution in [-0.2, 0) is 9.59 Å². The predicted molar refractivity (Wildman–Crippen MR) is 130 cm³/mol. The molecule has 0 unspecified atom stereocenters. The zero-order valence-electron chi connectivity index (χ0n) is 18.5. The van der Waals surface area contributed by atoms with Crippen molar-refractivity contribution in [3.8, 4) is 0 Å². The number of nitrogens with zero attached hydrogens (tertiary/aromatic N) is 3. The maximum absolute atomic E-state index is 13.3. The van der Waals surface area contributed by atoms with Crippen molar-refractivity contribution in [1.29, 1.82) is 0 Å². The summed E-state index contributed by atoms with van der Waals surface area (Å²) >= 11 is 5.86. The fourth-order valence-electron chi connectivity index (χ4n) is 3.97. The summed E-state index contributed by atoms with van der Waals surface area (Å²) in [5, 5.41) is 5.87. The van der Waals surface area contributed by atoms with Crippen molar-refractivity contribution >= 4 is 34.8 Å². The summed E-state index contributed by atoms with van der Waals surface area (Å²) in [6.07, 6.45) is 3.47. The number of rotatable bonds is 6. The molecule has 7 nitrogen and oxygen atoms in total. The Bertz CT molecular complexity index is 1100. The highest BCUT2D eigenvalue weighted by Crippen LogP contribution is 2.24. The van der Waals surface area contributed by atoms with Gasteiger partial charge in [-0.3, -0.25) is 19.5 Å². The highest BCUT2D eigenvalue weighted by atomic mass is 35.5. The topological polar surface area (TPSA) is 77.6 Å². The first-order chi connectivity index (χ1) is 16.5. The molecule has 1 atom stereocenters. The van der Waals surface area contributed by atoms with E-state index in [0.29, 0.717) is 10.7 Å². The number of halogens is 2. The van der Waals surface area contributed by atoms with Gasteiger partial charge in [0.2, 0.25) is 0 Å². The van der Waals surface area contributed by atoms with E-state index in [0.717, 1.165) is 37.4 Å². The third kappa shape index (κ3) is 6.09. The fourth-order valence-corrected chi connectivity index (χ4v) is 4.09. The number of carbonyl (C=O) groups excluding carboxylic acids is 2. The third-order valence-electron chi connectivity index (χ3n) is 5.78. The monoisotopic (exact) mass is 481 g/mol. The van der Waals surface area contributed by atoms with Gasteiger partial charge in [0.05, 0.1) is 6.04 Å². The average Bonchev–Trinajstić information content (AvgIpc) is 2.87. The first kappa shape index (κ1) is 23.7. The molecule has 0 saturated carbocycles. The molecule has 0 bridgehead atoms. The van der Waals surface area contributed by atoms with Gasteiger partial charge in [0.25, 0.3) is 0 Å². The first-order valence-corrected chi connectivity index (χ1v) is 11.4. The van der Waals surface area contributed by atoms with Crippen molar-refractivity contribution < 1.29 is 14.0 Å². The molecule has 2 aromatic carbocycles. The molecule has 2 amide bonds. The number of hydrogen-bond acceptors (Lipinski definition) is 5. The average molecular weight is 482 g/mol. The van der Waals surface area contributed by atoms with Crippen LogP contribution in [0.25, 0.3) is 0 Å². The SMILES string of the molecule is O=C(NC[C@@H](c1cccnc1)N1CCN(c2ccc(F)cc2)CC1)C(=O)Nc1ccc(Cl)cc1. The van der Waals surface area contributed by atoms with E-state index in [9.17, 15) is 14.0 Å².